The quantitative estimate of drug-likeness (QED) is 0.757. The summed E-state index contributed by atoms with van der Waals surface area (Å²) in [4.78, 5) is 5.20. The molecule has 0 aromatic heterocycles. The molecule has 2 aliphatic rings. The van der Waals surface area contributed by atoms with Gasteiger partial charge in [-0.3, -0.25) is 4.90 Å². The van der Waals surface area contributed by atoms with Crippen molar-refractivity contribution in [3.05, 3.63) is 0 Å². The van der Waals surface area contributed by atoms with Gasteiger partial charge in [-0.05, 0) is 58.9 Å². The van der Waals surface area contributed by atoms with Crippen molar-refractivity contribution in [2.24, 2.45) is 5.92 Å². The first kappa shape index (κ1) is 12.3. The van der Waals surface area contributed by atoms with Gasteiger partial charge >= 0.3 is 0 Å². The predicted molar refractivity (Wildman–Crippen MR) is 68.7 cm³/mol. The van der Waals surface area contributed by atoms with E-state index in [-0.39, 0.29) is 0 Å². The first-order chi connectivity index (χ1) is 7.70. The predicted octanol–water partition coefficient (Wildman–Crippen LogP) is 1.01. The molecular formula is C13H27N3. The van der Waals surface area contributed by atoms with Crippen LogP contribution in [0.15, 0.2) is 0 Å². The fraction of sp³-hybridized carbons (Fsp3) is 1.00. The minimum atomic E-state index is 0.738. The number of nitrogens with zero attached hydrogens (tertiary/aromatic N) is 2. The van der Waals surface area contributed by atoms with E-state index >= 15 is 0 Å². The van der Waals surface area contributed by atoms with Gasteiger partial charge in [-0.25, -0.2) is 0 Å². The average Bonchev–Trinajstić information content (AvgIpc) is 2.30. The minimum Gasteiger partial charge on any atom is -0.317 e. The van der Waals surface area contributed by atoms with E-state index in [1.807, 2.05) is 0 Å². The molecule has 3 heteroatoms. The van der Waals surface area contributed by atoms with Crippen LogP contribution in [0.3, 0.4) is 0 Å². The Kier molecular flexibility index (Phi) is 4.22. The molecule has 2 heterocycles. The summed E-state index contributed by atoms with van der Waals surface area (Å²) in [5, 5.41) is 3.45. The van der Waals surface area contributed by atoms with E-state index in [1.54, 1.807) is 0 Å². The maximum absolute atomic E-state index is 3.45. The van der Waals surface area contributed by atoms with Crippen LogP contribution in [0.5, 0.6) is 0 Å². The maximum Gasteiger partial charge on any atom is 0.0120 e. The number of piperidine rings is 2. The van der Waals surface area contributed by atoms with Gasteiger partial charge in [0.2, 0.25) is 0 Å². The Morgan fingerprint density at radius 3 is 2.31 bits per heavy atom. The maximum atomic E-state index is 3.45. The minimum absolute atomic E-state index is 0.738. The standard InChI is InChI=1S/C13H27N3/c1-11-10-16(9-6-13(11)14-2)12-4-7-15(3)8-5-12/h11-14H,4-10H2,1-3H3. The van der Waals surface area contributed by atoms with Crippen molar-refractivity contribution in [1.29, 1.82) is 0 Å². The SMILES string of the molecule is CNC1CCN(C2CCN(C)CC2)CC1C. The Balaban J connectivity index is 1.83. The van der Waals surface area contributed by atoms with Crippen molar-refractivity contribution in [3.8, 4) is 0 Å². The lowest BCUT2D eigenvalue weighted by Crippen LogP contribution is -2.52. The molecule has 2 unspecified atom stereocenters. The van der Waals surface area contributed by atoms with E-state index in [0.29, 0.717) is 0 Å². The van der Waals surface area contributed by atoms with E-state index in [1.165, 1.54) is 45.4 Å². The molecule has 2 aliphatic heterocycles. The molecule has 0 aromatic carbocycles. The summed E-state index contributed by atoms with van der Waals surface area (Å²) in [5.41, 5.74) is 0. The van der Waals surface area contributed by atoms with Crippen LogP contribution < -0.4 is 5.32 Å². The summed E-state index contributed by atoms with van der Waals surface area (Å²) in [5.74, 6) is 0.804. The normalized spacial score (nSPS) is 35.4. The van der Waals surface area contributed by atoms with Crippen LogP contribution in [0.4, 0.5) is 0 Å². The van der Waals surface area contributed by atoms with Crippen molar-refractivity contribution in [2.75, 3.05) is 40.3 Å². The lowest BCUT2D eigenvalue weighted by Gasteiger charge is -2.43. The fourth-order valence-electron chi connectivity index (χ4n) is 3.30. The van der Waals surface area contributed by atoms with E-state index in [9.17, 15) is 0 Å². The fourth-order valence-corrected chi connectivity index (χ4v) is 3.30. The number of likely N-dealkylation sites (tertiary alicyclic amines) is 2. The van der Waals surface area contributed by atoms with Crippen LogP contribution in [0.1, 0.15) is 26.2 Å². The first-order valence-corrected chi connectivity index (χ1v) is 6.80. The summed E-state index contributed by atoms with van der Waals surface area (Å²) in [6.07, 6.45) is 4.06. The van der Waals surface area contributed by atoms with Gasteiger partial charge in [0.25, 0.3) is 0 Å². The summed E-state index contributed by atoms with van der Waals surface area (Å²) in [6, 6.07) is 1.60. The third kappa shape index (κ3) is 2.76. The van der Waals surface area contributed by atoms with Crippen LogP contribution in [0.25, 0.3) is 0 Å². The van der Waals surface area contributed by atoms with Crippen molar-refractivity contribution in [2.45, 2.75) is 38.3 Å². The molecule has 0 spiro atoms. The number of rotatable bonds is 2. The average molecular weight is 225 g/mol. The summed E-state index contributed by atoms with van der Waals surface area (Å²) >= 11 is 0. The molecule has 3 nitrogen and oxygen atoms in total. The van der Waals surface area contributed by atoms with Gasteiger partial charge in [-0.2, -0.15) is 0 Å². The van der Waals surface area contributed by atoms with Gasteiger partial charge < -0.3 is 10.2 Å². The molecule has 2 atom stereocenters. The third-order valence-corrected chi connectivity index (χ3v) is 4.51. The van der Waals surface area contributed by atoms with Gasteiger partial charge in [-0.1, -0.05) is 6.92 Å². The first-order valence-electron chi connectivity index (χ1n) is 6.80. The Morgan fingerprint density at radius 1 is 1.06 bits per heavy atom. The molecule has 0 amide bonds. The Bertz CT molecular complexity index is 211. The molecule has 0 radical (unpaired) electrons. The molecule has 0 saturated carbocycles. The monoisotopic (exact) mass is 225 g/mol. The molecule has 1 N–H and O–H groups in total. The summed E-state index contributed by atoms with van der Waals surface area (Å²) in [6.45, 7) is 7.54. The Labute approximate surface area is 100 Å². The number of hydrogen-bond acceptors (Lipinski definition) is 3. The molecule has 0 aliphatic carbocycles. The van der Waals surface area contributed by atoms with Crippen LogP contribution in [0, 0.1) is 5.92 Å². The highest BCUT2D eigenvalue weighted by atomic mass is 15.2. The lowest BCUT2D eigenvalue weighted by molar-refractivity contribution is 0.0691. The second-order valence-corrected chi connectivity index (χ2v) is 5.69. The molecule has 0 bridgehead atoms. The van der Waals surface area contributed by atoms with E-state index in [4.69, 9.17) is 0 Å². The zero-order chi connectivity index (χ0) is 11.5. The highest BCUT2D eigenvalue weighted by Gasteiger charge is 2.30. The van der Waals surface area contributed by atoms with E-state index in [0.717, 1.165) is 18.0 Å². The molecule has 2 rings (SSSR count). The van der Waals surface area contributed by atoms with Gasteiger partial charge in [0.1, 0.15) is 0 Å². The van der Waals surface area contributed by atoms with Gasteiger partial charge in [0.05, 0.1) is 0 Å². The van der Waals surface area contributed by atoms with E-state index in [2.05, 4.69) is 36.1 Å². The Hall–Kier alpha value is -0.120. The smallest absolute Gasteiger partial charge is 0.0120 e. The van der Waals surface area contributed by atoms with Crippen LogP contribution in [-0.2, 0) is 0 Å². The second kappa shape index (κ2) is 5.48. The third-order valence-electron chi connectivity index (χ3n) is 4.51. The van der Waals surface area contributed by atoms with Crippen molar-refractivity contribution in [3.63, 3.8) is 0 Å². The number of nitrogens with one attached hydrogen (secondary N) is 1. The molecule has 2 fully saturated rings. The van der Waals surface area contributed by atoms with E-state index < -0.39 is 0 Å². The molecule has 2 saturated heterocycles. The second-order valence-electron chi connectivity index (χ2n) is 5.69. The van der Waals surface area contributed by atoms with Gasteiger partial charge in [0, 0.05) is 18.6 Å². The van der Waals surface area contributed by atoms with Gasteiger partial charge in [-0.15, -0.1) is 0 Å². The highest BCUT2D eigenvalue weighted by Crippen LogP contribution is 2.23. The lowest BCUT2D eigenvalue weighted by atomic mass is 9.91. The van der Waals surface area contributed by atoms with Crippen molar-refractivity contribution in [1.82, 2.24) is 15.1 Å². The number of hydrogen-bond donors (Lipinski definition) is 1. The van der Waals surface area contributed by atoms with Crippen LogP contribution in [-0.4, -0.2) is 62.2 Å². The van der Waals surface area contributed by atoms with Crippen LogP contribution in [0.2, 0.25) is 0 Å². The zero-order valence-corrected chi connectivity index (χ0v) is 11.1. The molecule has 16 heavy (non-hydrogen) atoms. The largest absolute Gasteiger partial charge is 0.317 e. The highest BCUT2D eigenvalue weighted by molar-refractivity contribution is 4.87. The van der Waals surface area contributed by atoms with Gasteiger partial charge in [0.15, 0.2) is 0 Å². The van der Waals surface area contributed by atoms with Crippen LogP contribution >= 0.6 is 0 Å². The summed E-state index contributed by atoms with van der Waals surface area (Å²) < 4.78 is 0. The molecular weight excluding hydrogens is 198 g/mol. The van der Waals surface area contributed by atoms with Crippen molar-refractivity contribution >= 4 is 0 Å². The Morgan fingerprint density at radius 2 is 1.75 bits per heavy atom. The topological polar surface area (TPSA) is 18.5 Å². The molecule has 0 aromatic rings. The van der Waals surface area contributed by atoms with Crippen molar-refractivity contribution < 1.29 is 0 Å². The summed E-state index contributed by atoms with van der Waals surface area (Å²) in [7, 11) is 4.35. The zero-order valence-electron chi connectivity index (χ0n) is 11.1. The molecule has 94 valence electrons.